The minimum Gasteiger partial charge on any atom is -0.264 e. The molecule has 0 heterocycles. The van der Waals surface area contributed by atoms with Crippen molar-refractivity contribution in [2.24, 2.45) is 31.5 Å². The van der Waals surface area contributed by atoms with Crippen LogP contribution in [0.4, 0.5) is 0 Å². The van der Waals surface area contributed by atoms with Crippen molar-refractivity contribution in [1.29, 1.82) is 0 Å². The Morgan fingerprint density at radius 1 is 0.368 bits per heavy atom. The van der Waals surface area contributed by atoms with Crippen LogP contribution in [-0.2, 0) is 57.6 Å². The first-order chi connectivity index (χ1) is 31.7. The molecular formula is C44H40Cl4N4O12S4. The van der Waals surface area contributed by atoms with E-state index in [-0.39, 0.29) is 46.5 Å². The monoisotopic (exact) mass is 1080 g/mol. The molecule has 2 aliphatic rings. The summed E-state index contributed by atoms with van der Waals surface area (Å²) in [6.07, 6.45) is 3.51. The number of hydrogen-bond acceptors (Lipinski definition) is 16. The van der Waals surface area contributed by atoms with E-state index in [9.17, 15) is 33.7 Å². The molecule has 0 N–H and O–H groups in total. The predicted molar refractivity (Wildman–Crippen MR) is 261 cm³/mol. The van der Waals surface area contributed by atoms with E-state index in [4.69, 9.17) is 55.0 Å². The van der Waals surface area contributed by atoms with Crippen LogP contribution in [0, 0.1) is 10.8 Å². The molecule has 0 saturated heterocycles. The van der Waals surface area contributed by atoms with Gasteiger partial charge in [-0.1, -0.05) is 187 Å². The number of oxime groups is 4. The second-order valence-electron chi connectivity index (χ2n) is 16.1. The summed E-state index contributed by atoms with van der Waals surface area (Å²) in [4.78, 5) is -0.545. The van der Waals surface area contributed by atoms with Crippen molar-refractivity contribution in [3.05, 3.63) is 165 Å². The molecule has 360 valence electrons. The summed E-state index contributed by atoms with van der Waals surface area (Å²) in [5.74, 6) is 0. The number of hydrogen-bond donors (Lipinski definition) is 0. The normalized spacial score (nSPS) is 17.6. The van der Waals surface area contributed by atoms with Crippen molar-refractivity contribution in [3.63, 3.8) is 0 Å². The quantitative estimate of drug-likeness (QED) is 0.0955. The van der Waals surface area contributed by atoms with Gasteiger partial charge >= 0.3 is 40.5 Å². The Morgan fingerprint density at radius 3 is 0.926 bits per heavy atom. The fourth-order valence-corrected chi connectivity index (χ4v) is 9.34. The largest absolute Gasteiger partial charge is 0.358 e. The molecule has 68 heavy (non-hydrogen) atoms. The molecular weight excluding hydrogens is 1050 g/mol. The van der Waals surface area contributed by atoms with Gasteiger partial charge in [0.2, 0.25) is 0 Å². The SMILES string of the molecule is CC(C)(C)C1=CC(=NOS(=O)(=O)c2ccccc2)C(=NOS(=O)(=O)c2ccccc2)C(C(C)(C)C)=C1.O=S(=O)(ON=C1C(=NOS(=O)(=O)c2ccccc2)C(Cl)=C(Cl)C(Cl)=C1Cl)c1ccccc1. The molecule has 0 atom stereocenters. The van der Waals surface area contributed by atoms with E-state index in [1.54, 1.807) is 54.6 Å². The van der Waals surface area contributed by atoms with Crippen molar-refractivity contribution in [2.45, 2.75) is 61.1 Å². The lowest BCUT2D eigenvalue weighted by atomic mass is 9.74. The summed E-state index contributed by atoms with van der Waals surface area (Å²) in [7, 11) is -17.2. The summed E-state index contributed by atoms with van der Waals surface area (Å²) in [5.41, 5.74) is -0.383. The fraction of sp³-hybridized carbons (Fsp3) is 0.182. The summed E-state index contributed by atoms with van der Waals surface area (Å²) in [6.45, 7) is 11.7. The average molecular weight is 1090 g/mol. The smallest absolute Gasteiger partial charge is 0.264 e. The zero-order valence-electron chi connectivity index (χ0n) is 36.5. The molecule has 0 unspecified atom stereocenters. The van der Waals surface area contributed by atoms with Crippen LogP contribution in [0.3, 0.4) is 0 Å². The van der Waals surface area contributed by atoms with E-state index in [0.29, 0.717) is 5.57 Å². The number of halogens is 4. The van der Waals surface area contributed by atoms with Crippen LogP contribution >= 0.6 is 46.4 Å². The molecule has 0 saturated carbocycles. The highest BCUT2D eigenvalue weighted by Gasteiger charge is 2.35. The number of allylic oxidation sites excluding steroid dienone is 8. The summed E-state index contributed by atoms with van der Waals surface area (Å²) in [5, 5.41) is 13.5. The van der Waals surface area contributed by atoms with Crippen LogP contribution in [0.2, 0.25) is 0 Å². The maximum absolute atomic E-state index is 12.7. The first-order valence-corrected chi connectivity index (χ1v) is 26.6. The van der Waals surface area contributed by atoms with Gasteiger partial charge in [0.15, 0.2) is 11.4 Å². The predicted octanol–water partition coefficient (Wildman–Crippen LogP) is 10.4. The molecule has 0 aliphatic heterocycles. The molecule has 0 aromatic heterocycles. The molecule has 6 rings (SSSR count). The lowest BCUT2D eigenvalue weighted by molar-refractivity contribution is 0.333. The lowest BCUT2D eigenvalue weighted by Gasteiger charge is -2.31. The van der Waals surface area contributed by atoms with Gasteiger partial charge in [0.1, 0.15) is 31.0 Å². The van der Waals surface area contributed by atoms with E-state index in [2.05, 4.69) is 29.2 Å². The summed E-state index contributed by atoms with van der Waals surface area (Å²) >= 11 is 24.2. The Hall–Kier alpha value is -5.32. The molecule has 0 radical (unpaired) electrons. The number of nitrogens with zero attached hydrogens (tertiary/aromatic N) is 4. The molecule has 4 aromatic rings. The Labute approximate surface area is 415 Å². The van der Waals surface area contributed by atoms with Crippen LogP contribution in [0.15, 0.2) is 205 Å². The first-order valence-electron chi connectivity index (χ1n) is 19.5. The molecule has 0 fully saturated rings. The standard InChI is InChI=1S/C26H30N2O6S2.C18H10Cl4N2O6S2/c1-25(2,3)19-17-22(26(4,5)6)24(28-34-36(31,32)21-15-11-8-12-16-21)23(18-19)27-33-35(29,30)20-13-9-7-10-14-20;19-13-14(20)16(22)18(24-30-32(27,28)12-9-5-2-6-10-12)17(15(13)21)23-29-31(25,26)11-7-3-1-4-8-11/h7-18H,1-6H3;1-10H. The van der Waals surface area contributed by atoms with Gasteiger partial charge in [0, 0.05) is 0 Å². The van der Waals surface area contributed by atoms with Gasteiger partial charge in [-0.15, -0.1) is 0 Å². The molecule has 0 bridgehead atoms. The Kier molecular flexibility index (Phi) is 17.0. The zero-order valence-corrected chi connectivity index (χ0v) is 42.8. The summed E-state index contributed by atoms with van der Waals surface area (Å²) < 4.78 is 120. The second-order valence-corrected chi connectivity index (χ2v) is 23.7. The van der Waals surface area contributed by atoms with Crippen LogP contribution < -0.4 is 0 Å². The average Bonchev–Trinajstić information content (AvgIpc) is 3.30. The van der Waals surface area contributed by atoms with Crippen molar-refractivity contribution in [1.82, 2.24) is 0 Å². The minimum atomic E-state index is -4.36. The maximum atomic E-state index is 12.7. The first kappa shape index (κ1) is 53.6. The number of benzene rings is 4. The highest BCUT2D eigenvalue weighted by molar-refractivity contribution is 7.87. The van der Waals surface area contributed by atoms with Crippen LogP contribution in [0.5, 0.6) is 0 Å². The van der Waals surface area contributed by atoms with E-state index >= 15 is 0 Å². The van der Waals surface area contributed by atoms with Crippen molar-refractivity contribution in [3.8, 4) is 0 Å². The van der Waals surface area contributed by atoms with Gasteiger partial charge in [-0.25, -0.2) is 0 Å². The van der Waals surface area contributed by atoms with Gasteiger partial charge in [-0.3, -0.25) is 17.1 Å². The van der Waals surface area contributed by atoms with Crippen molar-refractivity contribution in [2.75, 3.05) is 0 Å². The zero-order chi connectivity index (χ0) is 50.3. The molecule has 24 heteroatoms. The topological polar surface area (TPSA) is 223 Å². The van der Waals surface area contributed by atoms with Gasteiger partial charge in [0.05, 0.1) is 20.1 Å². The van der Waals surface area contributed by atoms with Gasteiger partial charge in [-0.05, 0) is 76.6 Å². The van der Waals surface area contributed by atoms with E-state index in [0.717, 1.165) is 5.57 Å². The third-order valence-electron chi connectivity index (χ3n) is 9.02. The van der Waals surface area contributed by atoms with Crippen LogP contribution in [0.1, 0.15) is 41.5 Å². The fourth-order valence-electron chi connectivity index (χ4n) is 5.43. The highest BCUT2D eigenvalue weighted by atomic mass is 35.5. The Bertz CT molecular complexity index is 3150. The van der Waals surface area contributed by atoms with Crippen LogP contribution in [-0.4, -0.2) is 56.5 Å². The van der Waals surface area contributed by atoms with E-state index in [1.807, 2.05) is 47.6 Å². The molecule has 16 nitrogen and oxygen atoms in total. The van der Waals surface area contributed by atoms with Crippen molar-refractivity contribution < 1.29 is 50.8 Å². The molecule has 4 aromatic carbocycles. The minimum absolute atomic E-state index is 0.0233. The molecule has 0 amide bonds. The maximum Gasteiger partial charge on any atom is 0.358 e. The van der Waals surface area contributed by atoms with Gasteiger partial charge in [-0.2, -0.15) is 33.7 Å². The Balaban J connectivity index is 0.000000256. The Morgan fingerprint density at radius 2 is 0.647 bits per heavy atom. The summed E-state index contributed by atoms with van der Waals surface area (Å²) in [6, 6.07) is 29.4. The third kappa shape index (κ3) is 13.5. The molecule has 2 aliphatic carbocycles. The second kappa shape index (κ2) is 21.5. The molecule has 0 spiro atoms. The lowest BCUT2D eigenvalue weighted by Crippen LogP contribution is -2.30. The van der Waals surface area contributed by atoms with Gasteiger partial charge in [0.25, 0.3) is 0 Å². The third-order valence-corrected chi connectivity index (χ3v) is 15.3. The van der Waals surface area contributed by atoms with Crippen LogP contribution in [0.25, 0.3) is 0 Å². The van der Waals surface area contributed by atoms with Crippen molar-refractivity contribution >= 4 is 110 Å². The highest BCUT2D eigenvalue weighted by Crippen LogP contribution is 2.38. The number of rotatable bonds is 12. The van der Waals surface area contributed by atoms with E-state index in [1.165, 1.54) is 72.8 Å². The van der Waals surface area contributed by atoms with E-state index < -0.39 is 67.4 Å². The van der Waals surface area contributed by atoms with Gasteiger partial charge < -0.3 is 0 Å².